The molecule has 8 heteroatoms. The van der Waals surface area contributed by atoms with Gasteiger partial charge < -0.3 is 14.7 Å². The second-order valence-electron chi connectivity index (χ2n) is 7.17. The van der Waals surface area contributed by atoms with Gasteiger partial charge in [-0.1, -0.05) is 30.3 Å². The van der Waals surface area contributed by atoms with E-state index < -0.39 is 11.8 Å². The fourth-order valence-corrected chi connectivity index (χ4v) is 3.33. The van der Waals surface area contributed by atoms with Gasteiger partial charge in [0, 0.05) is 44.5 Å². The fraction of sp³-hybridized carbons (Fsp3) is 0.429. The molecule has 2 heterocycles. The zero-order valence-corrected chi connectivity index (χ0v) is 16.9. The molecule has 1 saturated heterocycles. The Kier molecular flexibility index (Phi) is 6.64. The van der Waals surface area contributed by atoms with E-state index in [9.17, 15) is 14.4 Å². The molecule has 0 radical (unpaired) electrons. The van der Waals surface area contributed by atoms with Crippen LogP contribution in [0.4, 0.5) is 0 Å². The highest BCUT2D eigenvalue weighted by atomic mass is 16.2. The first-order valence-corrected chi connectivity index (χ1v) is 9.91. The van der Waals surface area contributed by atoms with Crippen molar-refractivity contribution in [1.29, 1.82) is 0 Å². The van der Waals surface area contributed by atoms with Gasteiger partial charge in [-0.15, -0.1) is 0 Å². The summed E-state index contributed by atoms with van der Waals surface area (Å²) in [7, 11) is 1.72. The number of carbonyl (C=O) groups excluding carboxylic acids is 3. The molecule has 0 bridgehead atoms. The molecular weight excluding hydrogens is 370 g/mol. The molecule has 154 valence electrons. The number of aromatic amines is 1. The predicted molar refractivity (Wildman–Crippen MR) is 109 cm³/mol. The maximum atomic E-state index is 12.4. The van der Waals surface area contributed by atoms with Gasteiger partial charge in [0.2, 0.25) is 5.91 Å². The molecule has 3 amide bonds. The lowest BCUT2D eigenvalue weighted by Crippen LogP contribution is -2.56. The highest BCUT2D eigenvalue weighted by Gasteiger charge is 2.32. The van der Waals surface area contributed by atoms with E-state index in [0.29, 0.717) is 26.2 Å². The van der Waals surface area contributed by atoms with Crippen LogP contribution in [0.2, 0.25) is 0 Å². The molecule has 0 spiro atoms. The number of hydrogen-bond acceptors (Lipinski definition) is 4. The monoisotopic (exact) mass is 397 g/mol. The van der Waals surface area contributed by atoms with E-state index in [1.165, 1.54) is 9.80 Å². The number of aromatic nitrogens is 2. The van der Waals surface area contributed by atoms with Crippen molar-refractivity contribution in [3.05, 3.63) is 42.1 Å². The standard InChI is InChI=1S/C21H27N5O3/c1-3-25-12-13-26(21(29)20(25)28)15-19(27)24(2)11-7-10-17-14-18(23-22-17)16-8-5-4-6-9-16/h4-6,8-9,14H,3,7,10-13,15H2,1-2H3,(H,22,23). The minimum Gasteiger partial charge on any atom is -0.344 e. The Morgan fingerprint density at radius 1 is 1.14 bits per heavy atom. The Morgan fingerprint density at radius 3 is 2.55 bits per heavy atom. The van der Waals surface area contributed by atoms with Gasteiger partial charge in [0.15, 0.2) is 0 Å². The summed E-state index contributed by atoms with van der Waals surface area (Å²) in [6.07, 6.45) is 1.54. The van der Waals surface area contributed by atoms with E-state index in [1.807, 2.05) is 43.3 Å². The van der Waals surface area contributed by atoms with Crippen molar-refractivity contribution < 1.29 is 14.4 Å². The molecule has 2 aromatic rings. The van der Waals surface area contributed by atoms with Gasteiger partial charge in [-0.05, 0) is 25.8 Å². The van der Waals surface area contributed by atoms with E-state index in [1.54, 1.807) is 11.9 Å². The lowest BCUT2D eigenvalue weighted by Gasteiger charge is -2.33. The summed E-state index contributed by atoms with van der Waals surface area (Å²) in [5.74, 6) is -1.28. The number of piperazine rings is 1. The number of hydrogen-bond donors (Lipinski definition) is 1. The lowest BCUT2D eigenvalue weighted by atomic mass is 10.1. The number of carbonyl (C=O) groups is 3. The number of aryl methyl sites for hydroxylation is 1. The van der Waals surface area contributed by atoms with Crippen molar-refractivity contribution >= 4 is 17.7 Å². The van der Waals surface area contributed by atoms with Gasteiger partial charge in [-0.2, -0.15) is 5.10 Å². The second-order valence-corrected chi connectivity index (χ2v) is 7.17. The highest BCUT2D eigenvalue weighted by molar-refractivity contribution is 6.35. The minimum atomic E-state index is -0.592. The Balaban J connectivity index is 1.44. The average Bonchev–Trinajstić information content (AvgIpc) is 3.21. The normalized spacial score (nSPS) is 14.4. The van der Waals surface area contributed by atoms with Crippen LogP contribution < -0.4 is 0 Å². The molecule has 0 atom stereocenters. The summed E-state index contributed by atoms with van der Waals surface area (Å²) in [5, 5.41) is 7.38. The number of likely N-dealkylation sites (N-methyl/N-ethyl adjacent to an activating group) is 2. The molecule has 1 aromatic carbocycles. The van der Waals surface area contributed by atoms with E-state index in [0.717, 1.165) is 29.8 Å². The van der Waals surface area contributed by atoms with Crippen LogP contribution in [0.3, 0.4) is 0 Å². The van der Waals surface area contributed by atoms with Gasteiger partial charge in [0.05, 0.1) is 5.69 Å². The molecule has 3 rings (SSSR count). The van der Waals surface area contributed by atoms with Gasteiger partial charge in [0.25, 0.3) is 0 Å². The number of amides is 3. The molecule has 1 fully saturated rings. The Hall–Kier alpha value is -3.16. The third kappa shape index (κ3) is 5.01. The first-order valence-electron chi connectivity index (χ1n) is 9.91. The third-order valence-corrected chi connectivity index (χ3v) is 5.17. The zero-order valence-electron chi connectivity index (χ0n) is 16.9. The summed E-state index contributed by atoms with van der Waals surface area (Å²) >= 11 is 0. The smallest absolute Gasteiger partial charge is 0.312 e. The zero-order chi connectivity index (χ0) is 20.8. The Morgan fingerprint density at radius 2 is 1.83 bits per heavy atom. The predicted octanol–water partition coefficient (Wildman–Crippen LogP) is 1.16. The first kappa shape index (κ1) is 20.6. The molecule has 0 aliphatic carbocycles. The van der Waals surface area contributed by atoms with E-state index in [2.05, 4.69) is 10.2 Å². The highest BCUT2D eigenvalue weighted by Crippen LogP contribution is 2.17. The summed E-state index contributed by atoms with van der Waals surface area (Å²) in [6, 6.07) is 12.0. The summed E-state index contributed by atoms with van der Waals surface area (Å²) in [4.78, 5) is 41.0. The first-order chi connectivity index (χ1) is 14.0. The maximum Gasteiger partial charge on any atom is 0.312 e. The summed E-state index contributed by atoms with van der Waals surface area (Å²) < 4.78 is 0. The molecule has 1 aliphatic heterocycles. The van der Waals surface area contributed by atoms with Crippen LogP contribution in [0.5, 0.6) is 0 Å². The van der Waals surface area contributed by atoms with Crippen molar-refractivity contribution in [2.24, 2.45) is 0 Å². The van der Waals surface area contributed by atoms with Crippen LogP contribution in [0, 0.1) is 0 Å². The number of nitrogens with zero attached hydrogens (tertiary/aromatic N) is 4. The largest absolute Gasteiger partial charge is 0.344 e. The Bertz CT molecular complexity index is 864. The number of benzene rings is 1. The topological polar surface area (TPSA) is 89.6 Å². The molecule has 1 N–H and O–H groups in total. The molecule has 1 aromatic heterocycles. The fourth-order valence-electron chi connectivity index (χ4n) is 3.33. The summed E-state index contributed by atoms with van der Waals surface area (Å²) in [6.45, 7) is 3.72. The molecule has 1 aliphatic rings. The average molecular weight is 397 g/mol. The van der Waals surface area contributed by atoms with Gasteiger partial charge in [-0.3, -0.25) is 19.5 Å². The van der Waals surface area contributed by atoms with Crippen LogP contribution in [0.1, 0.15) is 19.0 Å². The van der Waals surface area contributed by atoms with Crippen molar-refractivity contribution in [2.45, 2.75) is 19.8 Å². The van der Waals surface area contributed by atoms with Crippen molar-refractivity contribution in [3.63, 3.8) is 0 Å². The Labute approximate surface area is 170 Å². The quantitative estimate of drug-likeness (QED) is 0.677. The molecule has 29 heavy (non-hydrogen) atoms. The van der Waals surface area contributed by atoms with Gasteiger partial charge >= 0.3 is 11.8 Å². The number of rotatable bonds is 8. The van der Waals surface area contributed by atoms with Crippen molar-refractivity contribution in [3.8, 4) is 11.3 Å². The summed E-state index contributed by atoms with van der Waals surface area (Å²) in [5.41, 5.74) is 2.98. The number of nitrogens with one attached hydrogen (secondary N) is 1. The van der Waals surface area contributed by atoms with Gasteiger partial charge in [0.1, 0.15) is 6.54 Å². The maximum absolute atomic E-state index is 12.4. The van der Waals surface area contributed by atoms with Crippen LogP contribution in [-0.4, -0.2) is 82.4 Å². The van der Waals surface area contributed by atoms with Crippen molar-refractivity contribution in [2.75, 3.05) is 39.8 Å². The van der Waals surface area contributed by atoms with E-state index >= 15 is 0 Å². The van der Waals surface area contributed by atoms with E-state index in [-0.39, 0.29) is 12.5 Å². The molecule has 8 nitrogen and oxygen atoms in total. The molecular formula is C21H27N5O3. The SMILES string of the molecule is CCN1CCN(CC(=O)N(C)CCCc2cc(-c3ccccc3)n[nH]2)C(=O)C1=O. The van der Waals surface area contributed by atoms with E-state index in [4.69, 9.17) is 0 Å². The minimum absolute atomic E-state index is 0.0547. The molecule has 0 unspecified atom stereocenters. The lowest BCUT2D eigenvalue weighted by molar-refractivity contribution is -0.157. The van der Waals surface area contributed by atoms with Crippen LogP contribution >= 0.6 is 0 Å². The second kappa shape index (κ2) is 9.36. The third-order valence-electron chi connectivity index (χ3n) is 5.17. The van der Waals surface area contributed by atoms with Crippen LogP contribution in [0.25, 0.3) is 11.3 Å². The van der Waals surface area contributed by atoms with Crippen LogP contribution in [0.15, 0.2) is 36.4 Å². The van der Waals surface area contributed by atoms with Gasteiger partial charge in [-0.25, -0.2) is 0 Å². The van der Waals surface area contributed by atoms with Crippen molar-refractivity contribution in [1.82, 2.24) is 24.9 Å². The van der Waals surface area contributed by atoms with Crippen LogP contribution in [-0.2, 0) is 20.8 Å². The number of H-pyrrole nitrogens is 1. The molecule has 0 saturated carbocycles.